The molecule has 2 aromatic rings. The van der Waals surface area contributed by atoms with Gasteiger partial charge in [0.15, 0.2) is 18.1 Å². The van der Waals surface area contributed by atoms with Gasteiger partial charge in [0.25, 0.3) is 5.91 Å². The second kappa shape index (κ2) is 8.75. The van der Waals surface area contributed by atoms with Crippen LogP contribution in [-0.2, 0) is 9.59 Å². The minimum atomic E-state index is -1.08. The third-order valence-electron chi connectivity index (χ3n) is 3.08. The van der Waals surface area contributed by atoms with Crippen molar-refractivity contribution in [1.82, 2.24) is 0 Å². The van der Waals surface area contributed by atoms with Crippen molar-refractivity contribution in [2.24, 2.45) is 0 Å². The number of halogens is 1. The highest BCUT2D eigenvalue weighted by molar-refractivity contribution is 6.32. The summed E-state index contributed by atoms with van der Waals surface area (Å²) in [4.78, 5) is 22.5. The molecule has 2 N–H and O–H groups in total. The van der Waals surface area contributed by atoms with E-state index in [2.05, 4.69) is 5.32 Å². The predicted octanol–water partition coefficient (Wildman–Crippen LogP) is 3.46. The zero-order valence-corrected chi connectivity index (χ0v) is 14.1. The highest BCUT2D eigenvalue weighted by Gasteiger charge is 2.13. The van der Waals surface area contributed by atoms with E-state index in [4.69, 9.17) is 26.2 Å². The number of amides is 1. The van der Waals surface area contributed by atoms with Crippen molar-refractivity contribution >= 4 is 35.2 Å². The molecule has 6 nitrogen and oxygen atoms in total. The van der Waals surface area contributed by atoms with E-state index < -0.39 is 5.97 Å². The molecule has 0 unspecified atom stereocenters. The lowest BCUT2D eigenvalue weighted by Gasteiger charge is -2.13. The molecule has 0 aromatic heterocycles. The second-order valence-corrected chi connectivity index (χ2v) is 5.32. The molecular weight excluding hydrogens is 346 g/mol. The number of anilines is 1. The molecule has 2 aromatic carbocycles. The normalized spacial score (nSPS) is 10.5. The molecular formula is C18H16ClNO5. The van der Waals surface area contributed by atoms with Crippen molar-refractivity contribution in [2.45, 2.75) is 0 Å². The van der Waals surface area contributed by atoms with Gasteiger partial charge in [-0.05, 0) is 35.9 Å². The Kier molecular flexibility index (Phi) is 6.42. The molecule has 0 saturated carbocycles. The van der Waals surface area contributed by atoms with Crippen LogP contribution in [0.4, 0.5) is 5.69 Å². The van der Waals surface area contributed by atoms with E-state index in [1.54, 1.807) is 30.3 Å². The molecule has 0 atom stereocenters. The first-order valence-electron chi connectivity index (χ1n) is 7.26. The molecule has 0 aliphatic carbocycles. The number of nitrogens with one attached hydrogen (secondary N) is 1. The number of aliphatic carboxylic acids is 1. The maximum atomic E-state index is 11.9. The summed E-state index contributed by atoms with van der Waals surface area (Å²) < 4.78 is 10.7. The first kappa shape index (κ1) is 18.4. The van der Waals surface area contributed by atoms with Crippen LogP contribution < -0.4 is 14.8 Å². The van der Waals surface area contributed by atoms with Gasteiger partial charge >= 0.3 is 5.97 Å². The topological polar surface area (TPSA) is 84.9 Å². The van der Waals surface area contributed by atoms with Crippen LogP contribution >= 0.6 is 11.6 Å². The highest BCUT2D eigenvalue weighted by atomic mass is 35.5. The molecule has 0 fully saturated rings. The number of benzene rings is 2. The Bertz CT molecular complexity index is 790. The molecule has 0 spiro atoms. The molecule has 25 heavy (non-hydrogen) atoms. The van der Waals surface area contributed by atoms with Crippen LogP contribution in [0.5, 0.6) is 11.5 Å². The highest BCUT2D eigenvalue weighted by Crippen LogP contribution is 2.36. The fourth-order valence-corrected chi connectivity index (χ4v) is 2.27. The Balaban J connectivity index is 2.08. The number of carbonyl (C=O) groups excluding carboxylic acids is 1. The zero-order valence-electron chi connectivity index (χ0n) is 13.4. The van der Waals surface area contributed by atoms with Crippen molar-refractivity contribution in [3.63, 3.8) is 0 Å². The molecule has 0 bridgehead atoms. The molecule has 1 amide bonds. The quantitative estimate of drug-likeness (QED) is 0.738. The van der Waals surface area contributed by atoms with E-state index in [1.807, 2.05) is 6.07 Å². The summed E-state index contributed by atoms with van der Waals surface area (Å²) in [6, 6.07) is 12.1. The number of para-hydroxylation sites is 1. The number of rotatable bonds is 7. The van der Waals surface area contributed by atoms with Gasteiger partial charge < -0.3 is 19.9 Å². The van der Waals surface area contributed by atoms with E-state index in [9.17, 15) is 9.59 Å². The van der Waals surface area contributed by atoms with E-state index in [0.717, 1.165) is 6.08 Å². The molecule has 0 heterocycles. The number of hydrogen-bond acceptors (Lipinski definition) is 4. The molecule has 2 rings (SSSR count). The van der Waals surface area contributed by atoms with E-state index in [0.29, 0.717) is 17.0 Å². The van der Waals surface area contributed by atoms with E-state index in [-0.39, 0.29) is 23.3 Å². The Hall–Kier alpha value is -2.99. The van der Waals surface area contributed by atoms with Gasteiger partial charge in [-0.15, -0.1) is 0 Å². The number of carboxylic acids is 1. The second-order valence-electron chi connectivity index (χ2n) is 4.91. The summed E-state index contributed by atoms with van der Waals surface area (Å²) in [6.07, 6.45) is 2.36. The lowest BCUT2D eigenvalue weighted by molar-refractivity contribution is -0.131. The molecule has 0 saturated heterocycles. The van der Waals surface area contributed by atoms with Gasteiger partial charge in [0.2, 0.25) is 0 Å². The van der Waals surface area contributed by atoms with Crippen LogP contribution in [0.25, 0.3) is 6.08 Å². The zero-order chi connectivity index (χ0) is 18.2. The number of carboxylic acid groups (broad SMARTS) is 1. The van der Waals surface area contributed by atoms with Crippen molar-refractivity contribution in [1.29, 1.82) is 0 Å². The number of methoxy groups -OCH3 is 1. The maximum absolute atomic E-state index is 11.9. The van der Waals surface area contributed by atoms with Gasteiger partial charge in [-0.3, -0.25) is 4.79 Å². The number of hydrogen-bond donors (Lipinski definition) is 2. The first-order valence-corrected chi connectivity index (χ1v) is 7.63. The molecule has 0 aliphatic heterocycles. The van der Waals surface area contributed by atoms with Gasteiger partial charge in [0.05, 0.1) is 12.1 Å². The van der Waals surface area contributed by atoms with Crippen LogP contribution in [0.15, 0.2) is 48.5 Å². The largest absolute Gasteiger partial charge is 0.493 e. The Morgan fingerprint density at radius 1 is 1.24 bits per heavy atom. The smallest absolute Gasteiger partial charge is 0.328 e. The first-order chi connectivity index (χ1) is 12.0. The summed E-state index contributed by atoms with van der Waals surface area (Å²) in [5, 5.41) is 11.6. The van der Waals surface area contributed by atoms with E-state index in [1.165, 1.54) is 19.3 Å². The van der Waals surface area contributed by atoms with Crippen LogP contribution in [0.3, 0.4) is 0 Å². The fraction of sp³-hybridized carbons (Fsp3) is 0.111. The average molecular weight is 362 g/mol. The van der Waals surface area contributed by atoms with Gasteiger partial charge in [-0.1, -0.05) is 29.8 Å². The molecule has 0 radical (unpaired) electrons. The number of ether oxygens (including phenoxy) is 2. The van der Waals surface area contributed by atoms with E-state index >= 15 is 0 Å². The van der Waals surface area contributed by atoms with Crippen LogP contribution in [-0.4, -0.2) is 30.7 Å². The third-order valence-corrected chi connectivity index (χ3v) is 3.36. The monoisotopic (exact) mass is 361 g/mol. The SMILES string of the molecule is COc1cc(C=CC(=O)O)cc(Cl)c1OCC(=O)Nc1ccccc1. The Labute approximate surface area is 149 Å². The minimum Gasteiger partial charge on any atom is -0.493 e. The summed E-state index contributed by atoms with van der Waals surface area (Å²) >= 11 is 6.15. The summed E-state index contributed by atoms with van der Waals surface area (Å²) in [5.74, 6) is -0.919. The lowest BCUT2D eigenvalue weighted by Crippen LogP contribution is -2.20. The van der Waals surface area contributed by atoms with Gasteiger partial charge in [0.1, 0.15) is 0 Å². The maximum Gasteiger partial charge on any atom is 0.328 e. The van der Waals surface area contributed by atoms with Gasteiger partial charge in [0, 0.05) is 11.8 Å². The lowest BCUT2D eigenvalue weighted by atomic mass is 10.2. The van der Waals surface area contributed by atoms with Gasteiger partial charge in [-0.25, -0.2) is 4.79 Å². The average Bonchev–Trinajstić information content (AvgIpc) is 2.59. The molecule has 0 aliphatic rings. The fourth-order valence-electron chi connectivity index (χ4n) is 2.00. The van der Waals surface area contributed by atoms with Gasteiger partial charge in [-0.2, -0.15) is 0 Å². The summed E-state index contributed by atoms with van der Waals surface area (Å²) in [7, 11) is 1.42. The standard InChI is InChI=1S/C18H16ClNO5/c1-24-15-10-12(7-8-17(22)23)9-14(19)18(15)25-11-16(21)20-13-5-3-2-4-6-13/h2-10H,11H2,1H3,(H,20,21)(H,22,23). The molecule has 7 heteroatoms. The van der Waals surface area contributed by atoms with Crippen molar-refractivity contribution in [3.05, 3.63) is 59.1 Å². The Morgan fingerprint density at radius 3 is 2.60 bits per heavy atom. The van der Waals surface area contributed by atoms with Crippen molar-refractivity contribution in [3.8, 4) is 11.5 Å². The van der Waals surface area contributed by atoms with Crippen molar-refractivity contribution < 1.29 is 24.2 Å². The molecule has 130 valence electrons. The predicted molar refractivity (Wildman–Crippen MR) is 95.2 cm³/mol. The summed E-state index contributed by atoms with van der Waals surface area (Å²) in [6.45, 7) is -0.255. The minimum absolute atomic E-state index is 0.205. The van der Waals surface area contributed by atoms with Crippen LogP contribution in [0.1, 0.15) is 5.56 Å². The number of carbonyl (C=O) groups is 2. The van der Waals surface area contributed by atoms with Crippen LogP contribution in [0, 0.1) is 0 Å². The van der Waals surface area contributed by atoms with Crippen LogP contribution in [0.2, 0.25) is 5.02 Å². The Morgan fingerprint density at radius 2 is 1.96 bits per heavy atom. The summed E-state index contributed by atoms with van der Waals surface area (Å²) in [5.41, 5.74) is 1.19. The third kappa shape index (κ3) is 5.54. The van der Waals surface area contributed by atoms with Crippen molar-refractivity contribution in [2.75, 3.05) is 19.0 Å².